The van der Waals surface area contributed by atoms with Gasteiger partial charge in [-0.3, -0.25) is 4.90 Å². The summed E-state index contributed by atoms with van der Waals surface area (Å²) in [7, 11) is -0.467. The number of likely N-dealkylation sites (tertiary alicyclic amines) is 1. The van der Waals surface area contributed by atoms with Crippen molar-refractivity contribution in [3.8, 4) is 5.75 Å². The summed E-state index contributed by atoms with van der Waals surface area (Å²) in [5.74, 6) is 0.417. The molecule has 0 N–H and O–H groups in total. The zero-order valence-corrected chi connectivity index (χ0v) is 22.7. The monoisotopic (exact) mass is 475 g/mol. The summed E-state index contributed by atoms with van der Waals surface area (Å²) in [5, 5.41) is -0.00278. The molecule has 1 heterocycles. The van der Waals surface area contributed by atoms with E-state index in [-0.39, 0.29) is 16.7 Å². The zero-order valence-electron chi connectivity index (χ0n) is 21.7. The first-order valence-electron chi connectivity index (χ1n) is 11.7. The Balaban J connectivity index is 2.27. The van der Waals surface area contributed by atoms with Gasteiger partial charge in [-0.2, -0.15) is 0 Å². The van der Waals surface area contributed by atoms with Crippen LogP contribution in [-0.4, -0.2) is 56.1 Å². The molecule has 0 radical (unpaired) electrons. The largest absolute Gasteiger partial charge is 0.497 e. The fourth-order valence-corrected chi connectivity index (χ4v) is 5.39. The number of carbonyl (C=O) groups excluding carboxylic acids is 2. The van der Waals surface area contributed by atoms with Crippen LogP contribution in [0.3, 0.4) is 0 Å². The molecule has 1 amide bonds. The summed E-state index contributed by atoms with van der Waals surface area (Å²) >= 11 is 0. The second-order valence-corrected chi connectivity index (χ2v) is 16.8. The molecule has 2 rings (SSSR count). The highest BCUT2D eigenvalue weighted by Crippen LogP contribution is 2.40. The minimum Gasteiger partial charge on any atom is -0.497 e. The summed E-state index contributed by atoms with van der Waals surface area (Å²) in [5.41, 5.74) is 0.0136. The maximum atomic E-state index is 13.3. The molecule has 1 aromatic carbocycles. The first-order chi connectivity index (χ1) is 15.2. The van der Waals surface area contributed by atoms with Crippen molar-refractivity contribution in [2.45, 2.75) is 89.9 Å². The number of esters is 1. The Bertz CT molecular complexity index is 866. The van der Waals surface area contributed by atoms with Gasteiger partial charge in [0.15, 0.2) is 0 Å². The van der Waals surface area contributed by atoms with Crippen LogP contribution in [0.5, 0.6) is 5.75 Å². The lowest BCUT2D eigenvalue weighted by atomic mass is 10.2. The average molecular weight is 476 g/mol. The van der Waals surface area contributed by atoms with Gasteiger partial charge in [0.25, 0.3) is 0 Å². The van der Waals surface area contributed by atoms with E-state index in [1.54, 1.807) is 7.11 Å². The van der Waals surface area contributed by atoms with Gasteiger partial charge in [0, 0.05) is 6.54 Å². The number of rotatable bonds is 6. The van der Waals surface area contributed by atoms with Crippen LogP contribution in [0, 0.1) is 0 Å². The molecule has 0 saturated carbocycles. The van der Waals surface area contributed by atoms with Crippen LogP contribution >= 0.6 is 0 Å². The number of hydrogen-bond donors (Lipinski definition) is 0. The molecule has 6 nitrogen and oxygen atoms in total. The fraction of sp³-hybridized carbons (Fsp3) is 0.615. The Labute approximate surface area is 200 Å². The van der Waals surface area contributed by atoms with Crippen molar-refractivity contribution in [1.29, 1.82) is 0 Å². The van der Waals surface area contributed by atoms with Gasteiger partial charge < -0.3 is 14.2 Å². The maximum Gasteiger partial charge on any atom is 0.411 e. The van der Waals surface area contributed by atoms with Crippen LogP contribution in [-0.2, 0) is 14.3 Å². The van der Waals surface area contributed by atoms with Gasteiger partial charge in [-0.15, -0.1) is 0 Å². The molecule has 0 aliphatic carbocycles. The third kappa shape index (κ3) is 7.10. The van der Waals surface area contributed by atoms with Gasteiger partial charge in [0.2, 0.25) is 0 Å². The Hall–Kier alpha value is -2.28. The van der Waals surface area contributed by atoms with E-state index in [9.17, 15) is 9.59 Å². The number of amides is 1. The first kappa shape index (κ1) is 27.0. The Morgan fingerprint density at radius 2 is 1.82 bits per heavy atom. The Kier molecular flexibility index (Phi) is 8.44. The smallest absolute Gasteiger partial charge is 0.411 e. The van der Waals surface area contributed by atoms with Gasteiger partial charge in [0.1, 0.15) is 31.2 Å². The van der Waals surface area contributed by atoms with E-state index >= 15 is 0 Å². The van der Waals surface area contributed by atoms with Gasteiger partial charge in [0.05, 0.1) is 7.11 Å². The second kappa shape index (κ2) is 10.3. The molecule has 1 fully saturated rings. The number of benzene rings is 1. The highest BCUT2D eigenvalue weighted by molar-refractivity contribution is 6.81. The lowest BCUT2D eigenvalue weighted by Crippen LogP contribution is -2.52. The SMILES string of the molecule is COc1cccc(/C=C\C(OC(=O)C2CCCN2C(=O)OC(C)(C)C)[Si](C)(C)C(C)(C)C)c1. The van der Waals surface area contributed by atoms with Gasteiger partial charge in [-0.1, -0.05) is 52.1 Å². The van der Waals surface area contributed by atoms with Crippen LogP contribution < -0.4 is 4.74 Å². The molecule has 0 spiro atoms. The second-order valence-electron chi connectivity index (χ2n) is 11.3. The topological polar surface area (TPSA) is 65.1 Å². The van der Waals surface area contributed by atoms with Gasteiger partial charge in [-0.25, -0.2) is 9.59 Å². The molecule has 0 bridgehead atoms. The van der Waals surface area contributed by atoms with E-state index < -0.39 is 25.8 Å². The highest BCUT2D eigenvalue weighted by atomic mass is 28.3. The van der Waals surface area contributed by atoms with Crippen molar-refractivity contribution >= 4 is 26.2 Å². The molecule has 33 heavy (non-hydrogen) atoms. The summed E-state index contributed by atoms with van der Waals surface area (Å²) in [6.45, 7) is 17.0. The van der Waals surface area contributed by atoms with E-state index in [1.165, 1.54) is 4.90 Å². The van der Waals surface area contributed by atoms with E-state index in [0.29, 0.717) is 13.0 Å². The van der Waals surface area contributed by atoms with Crippen LogP contribution in [0.2, 0.25) is 18.1 Å². The average Bonchev–Trinajstić information content (AvgIpc) is 3.19. The van der Waals surface area contributed by atoms with Crippen molar-refractivity contribution in [1.82, 2.24) is 4.90 Å². The molecule has 0 aromatic heterocycles. The van der Waals surface area contributed by atoms with Crippen molar-refractivity contribution < 1.29 is 23.8 Å². The van der Waals surface area contributed by atoms with Crippen LogP contribution in [0.15, 0.2) is 30.3 Å². The predicted molar refractivity (Wildman–Crippen MR) is 135 cm³/mol. The lowest BCUT2D eigenvalue weighted by Gasteiger charge is -2.41. The quantitative estimate of drug-likeness (QED) is 0.369. The molecule has 1 aliphatic rings. The lowest BCUT2D eigenvalue weighted by molar-refractivity contribution is -0.149. The van der Waals surface area contributed by atoms with E-state index in [2.05, 4.69) is 33.9 Å². The Morgan fingerprint density at radius 1 is 1.15 bits per heavy atom. The molecule has 1 aliphatic heterocycles. The molecule has 1 saturated heterocycles. The molecule has 184 valence electrons. The molecular formula is C26H41NO5Si. The predicted octanol–water partition coefficient (Wildman–Crippen LogP) is 6.07. The minimum absolute atomic E-state index is 0.00278. The fourth-order valence-electron chi connectivity index (χ4n) is 3.55. The molecule has 1 aromatic rings. The zero-order chi connectivity index (χ0) is 25.0. The minimum atomic E-state index is -2.11. The summed E-state index contributed by atoms with van der Waals surface area (Å²) in [6, 6.07) is 7.15. The van der Waals surface area contributed by atoms with E-state index in [4.69, 9.17) is 14.2 Å². The van der Waals surface area contributed by atoms with Crippen molar-refractivity contribution in [3.05, 3.63) is 35.9 Å². The number of carbonyl (C=O) groups is 2. The maximum absolute atomic E-state index is 13.3. The molecule has 7 heteroatoms. The summed E-state index contributed by atoms with van der Waals surface area (Å²) < 4.78 is 17.0. The summed E-state index contributed by atoms with van der Waals surface area (Å²) in [6.07, 6.45) is 4.86. The Morgan fingerprint density at radius 3 is 2.39 bits per heavy atom. The molecular weight excluding hydrogens is 434 g/mol. The van der Waals surface area contributed by atoms with E-state index in [0.717, 1.165) is 17.7 Å². The third-order valence-corrected chi connectivity index (χ3v) is 12.2. The first-order valence-corrected chi connectivity index (χ1v) is 14.8. The number of nitrogens with zero attached hydrogens (tertiary/aromatic N) is 1. The van der Waals surface area contributed by atoms with E-state index in [1.807, 2.05) is 57.2 Å². The van der Waals surface area contributed by atoms with Crippen LogP contribution in [0.1, 0.15) is 59.9 Å². The standard InChI is InChI=1S/C26H41NO5Si/c1-25(2,3)32-24(29)27-17-11-14-21(27)23(28)31-22(33(8,9)26(4,5)6)16-15-19-12-10-13-20(18-19)30-7/h10,12-13,15-16,18,21-22H,11,14,17H2,1-9H3/b16-15-. The van der Waals surface area contributed by atoms with Gasteiger partial charge >= 0.3 is 12.1 Å². The highest BCUT2D eigenvalue weighted by Gasteiger charge is 2.45. The van der Waals surface area contributed by atoms with Crippen molar-refractivity contribution in [3.63, 3.8) is 0 Å². The third-order valence-electron chi connectivity index (χ3n) is 6.60. The number of methoxy groups -OCH3 is 1. The van der Waals surface area contributed by atoms with Crippen molar-refractivity contribution in [2.75, 3.05) is 13.7 Å². The van der Waals surface area contributed by atoms with Crippen LogP contribution in [0.25, 0.3) is 6.08 Å². The number of ether oxygens (including phenoxy) is 3. The van der Waals surface area contributed by atoms with Crippen LogP contribution in [0.4, 0.5) is 4.79 Å². The van der Waals surface area contributed by atoms with Gasteiger partial charge in [-0.05, 0) is 62.4 Å². The normalized spacial score (nSPS) is 18.3. The molecule has 2 atom stereocenters. The molecule has 2 unspecified atom stereocenters. The van der Waals surface area contributed by atoms with Crippen molar-refractivity contribution in [2.24, 2.45) is 0 Å². The summed E-state index contributed by atoms with van der Waals surface area (Å²) in [4.78, 5) is 27.5. The number of hydrogen-bond acceptors (Lipinski definition) is 5.